The molecule has 1 N–H and O–H groups in total. The summed E-state index contributed by atoms with van der Waals surface area (Å²) in [5.41, 5.74) is 0.769. The van der Waals surface area contributed by atoms with Gasteiger partial charge in [-0.15, -0.1) is 0 Å². The number of rotatable bonds is 6. The number of nitrogens with one attached hydrogen (secondary N) is 1. The number of hydrogen-bond acceptors (Lipinski definition) is 4. The van der Waals surface area contributed by atoms with Crippen molar-refractivity contribution in [1.82, 2.24) is 10.2 Å². The molecule has 11 heteroatoms. The summed E-state index contributed by atoms with van der Waals surface area (Å²) < 4.78 is 54.9. The second kappa shape index (κ2) is 9.47. The Balaban J connectivity index is 1.92. The Morgan fingerprint density at radius 2 is 2.00 bits per heavy atom. The lowest BCUT2D eigenvalue weighted by molar-refractivity contribution is -0.153. The molecule has 0 saturated heterocycles. The molecule has 1 heterocycles. The Hall–Kier alpha value is -2.00. The quantitative estimate of drug-likeness (QED) is 0.398. The van der Waals surface area contributed by atoms with Crippen LogP contribution in [0.25, 0.3) is 0 Å². The fourth-order valence-electron chi connectivity index (χ4n) is 2.44. The third-order valence-corrected chi connectivity index (χ3v) is 4.29. The zero-order valence-electron chi connectivity index (χ0n) is 14.7. The fourth-order valence-corrected chi connectivity index (χ4v) is 2.97. The zero-order chi connectivity index (χ0) is 20.9. The van der Waals surface area contributed by atoms with Gasteiger partial charge in [0.05, 0.1) is 5.70 Å². The molecule has 0 aliphatic carbocycles. The molecule has 0 saturated carbocycles. The lowest BCUT2D eigenvalue weighted by Crippen LogP contribution is -2.39. The van der Waals surface area contributed by atoms with Gasteiger partial charge in [0.2, 0.25) is 0 Å². The van der Waals surface area contributed by atoms with Gasteiger partial charge in [-0.25, -0.2) is 9.38 Å². The molecular formula is C17H17Cl2F4N3O2. The van der Waals surface area contributed by atoms with Crippen LogP contribution in [0.15, 0.2) is 40.0 Å². The molecule has 1 aromatic carbocycles. The molecule has 0 radical (unpaired) electrons. The number of carbonyl (C=O) groups is 1. The summed E-state index contributed by atoms with van der Waals surface area (Å²) in [6.45, 7) is 0.0991. The number of ether oxygens (including phenoxy) is 1. The number of amidine groups is 1. The number of carbonyl (C=O) groups excluding carboxylic acids is 1. The van der Waals surface area contributed by atoms with E-state index in [1.165, 1.54) is 19.1 Å². The summed E-state index contributed by atoms with van der Waals surface area (Å²) in [6.07, 6.45) is -5.41. The minimum Gasteiger partial charge on any atom is -0.484 e. The van der Waals surface area contributed by atoms with E-state index in [0.717, 1.165) is 10.5 Å². The van der Waals surface area contributed by atoms with Crippen LogP contribution in [0.4, 0.5) is 22.4 Å². The van der Waals surface area contributed by atoms with Gasteiger partial charge in [-0.2, -0.15) is 13.2 Å². The van der Waals surface area contributed by atoms with Gasteiger partial charge in [0.1, 0.15) is 29.5 Å². The van der Waals surface area contributed by atoms with E-state index in [-0.39, 0.29) is 29.0 Å². The average molecular weight is 442 g/mol. The maximum Gasteiger partial charge on any atom is 0.422 e. The second-order valence-electron chi connectivity index (χ2n) is 5.87. The summed E-state index contributed by atoms with van der Waals surface area (Å²) >= 11 is 11.6. The van der Waals surface area contributed by atoms with Crippen LogP contribution in [-0.4, -0.2) is 48.3 Å². The summed E-state index contributed by atoms with van der Waals surface area (Å²) in [5.74, 6) is 0.351. The predicted octanol–water partition coefficient (Wildman–Crippen LogP) is 4.60. The van der Waals surface area contributed by atoms with E-state index in [4.69, 9.17) is 23.2 Å². The van der Waals surface area contributed by atoms with Crippen LogP contribution in [0, 0.1) is 0 Å². The highest BCUT2D eigenvalue weighted by Gasteiger charge is 2.30. The van der Waals surface area contributed by atoms with Crippen LogP contribution in [-0.2, 0) is 6.42 Å². The van der Waals surface area contributed by atoms with Gasteiger partial charge >= 0.3 is 11.5 Å². The minimum atomic E-state index is -4.39. The van der Waals surface area contributed by atoms with Crippen molar-refractivity contribution in [1.29, 1.82) is 0 Å². The molecule has 5 nitrogen and oxygen atoms in total. The van der Waals surface area contributed by atoms with Crippen molar-refractivity contribution in [2.45, 2.75) is 25.7 Å². The Morgan fingerprint density at radius 3 is 2.54 bits per heavy atom. The highest BCUT2D eigenvalue weighted by molar-refractivity contribution is 6.63. The SMILES string of the molecule is CC(F)C1=C(Cl)C(NCCc2ccc(OCC(F)(F)F)cc2)=NCN1C(=O)Cl. The maximum absolute atomic E-state index is 13.8. The Bertz CT molecular complexity index is 765. The first kappa shape index (κ1) is 22.3. The van der Waals surface area contributed by atoms with E-state index in [1.807, 2.05) is 0 Å². The van der Waals surface area contributed by atoms with E-state index >= 15 is 0 Å². The van der Waals surface area contributed by atoms with Crippen molar-refractivity contribution in [3.63, 3.8) is 0 Å². The smallest absolute Gasteiger partial charge is 0.422 e. The fraction of sp³-hybridized carbons (Fsp3) is 0.412. The van der Waals surface area contributed by atoms with Gasteiger partial charge in [-0.05, 0) is 42.6 Å². The van der Waals surface area contributed by atoms with Crippen molar-refractivity contribution in [3.8, 4) is 5.75 Å². The number of hydrogen-bond donors (Lipinski definition) is 1. The number of amides is 1. The van der Waals surface area contributed by atoms with Crippen molar-refractivity contribution >= 4 is 34.4 Å². The molecule has 1 aromatic rings. The molecule has 0 spiro atoms. The normalized spacial score (nSPS) is 16.0. The van der Waals surface area contributed by atoms with Crippen LogP contribution in [0.1, 0.15) is 12.5 Å². The largest absolute Gasteiger partial charge is 0.484 e. The molecule has 1 aliphatic rings. The predicted molar refractivity (Wildman–Crippen MR) is 98.5 cm³/mol. The number of nitrogens with zero attached hydrogens (tertiary/aromatic N) is 2. The van der Waals surface area contributed by atoms with Crippen molar-refractivity contribution in [2.24, 2.45) is 4.99 Å². The van der Waals surface area contributed by atoms with Gasteiger partial charge < -0.3 is 10.1 Å². The number of aliphatic imine (C=N–C) groups is 1. The lowest BCUT2D eigenvalue weighted by atomic mass is 10.1. The highest BCUT2D eigenvalue weighted by atomic mass is 35.5. The van der Waals surface area contributed by atoms with E-state index in [9.17, 15) is 22.4 Å². The van der Waals surface area contributed by atoms with E-state index in [0.29, 0.717) is 13.0 Å². The zero-order valence-corrected chi connectivity index (χ0v) is 16.2. The first-order valence-corrected chi connectivity index (χ1v) is 8.92. The molecule has 0 aromatic heterocycles. The molecule has 0 fully saturated rings. The summed E-state index contributed by atoms with van der Waals surface area (Å²) in [7, 11) is 0. The average Bonchev–Trinajstić information content (AvgIpc) is 2.61. The Kier molecular flexibility index (Phi) is 7.54. The minimum absolute atomic E-state index is 0.0360. The van der Waals surface area contributed by atoms with Crippen LogP contribution in [0.3, 0.4) is 0 Å². The third-order valence-electron chi connectivity index (χ3n) is 3.71. The van der Waals surface area contributed by atoms with Gasteiger partial charge in [0.15, 0.2) is 6.61 Å². The Labute approximate surface area is 168 Å². The van der Waals surface area contributed by atoms with Gasteiger partial charge in [-0.1, -0.05) is 23.7 Å². The maximum atomic E-state index is 13.8. The highest BCUT2D eigenvalue weighted by Crippen LogP contribution is 2.26. The lowest BCUT2D eigenvalue weighted by Gasteiger charge is -2.28. The molecular weight excluding hydrogens is 425 g/mol. The van der Waals surface area contributed by atoms with Gasteiger partial charge in [0.25, 0.3) is 0 Å². The summed E-state index contributed by atoms with van der Waals surface area (Å²) in [5, 5.41) is 2.04. The van der Waals surface area contributed by atoms with Crippen LogP contribution in [0.5, 0.6) is 5.75 Å². The topological polar surface area (TPSA) is 53.9 Å². The molecule has 1 amide bonds. The van der Waals surface area contributed by atoms with Crippen LogP contribution >= 0.6 is 23.2 Å². The Morgan fingerprint density at radius 1 is 1.36 bits per heavy atom. The van der Waals surface area contributed by atoms with Crippen molar-refractivity contribution < 1.29 is 27.1 Å². The second-order valence-corrected chi connectivity index (χ2v) is 6.57. The third kappa shape index (κ3) is 6.27. The molecule has 0 bridgehead atoms. The number of allylic oxidation sites excluding steroid dienone is 1. The standard InChI is InChI=1S/C17H17Cl2F4N3O2/c1-10(20)14-13(18)15(25-9-26(14)16(19)27)24-7-6-11-2-4-12(5-3-11)28-8-17(21,22)23/h2-5,10H,6-9H2,1H3,(H,24,25). The number of benzene rings is 1. The van der Waals surface area contributed by atoms with E-state index < -0.39 is 24.3 Å². The number of alkyl halides is 4. The van der Waals surface area contributed by atoms with Crippen molar-refractivity contribution in [3.05, 3.63) is 40.6 Å². The van der Waals surface area contributed by atoms with Crippen molar-refractivity contribution in [2.75, 3.05) is 19.8 Å². The summed E-state index contributed by atoms with van der Waals surface area (Å²) in [6, 6.07) is 6.16. The van der Waals surface area contributed by atoms with Crippen LogP contribution in [0.2, 0.25) is 0 Å². The van der Waals surface area contributed by atoms with Crippen LogP contribution < -0.4 is 10.1 Å². The monoisotopic (exact) mass is 441 g/mol. The van der Waals surface area contributed by atoms with E-state index in [2.05, 4.69) is 15.0 Å². The molecule has 28 heavy (non-hydrogen) atoms. The van der Waals surface area contributed by atoms with E-state index in [1.54, 1.807) is 12.1 Å². The van der Waals surface area contributed by atoms with Gasteiger partial charge in [-0.3, -0.25) is 9.69 Å². The molecule has 1 atom stereocenters. The van der Waals surface area contributed by atoms with Gasteiger partial charge in [0, 0.05) is 6.54 Å². The molecule has 1 unspecified atom stereocenters. The first-order valence-electron chi connectivity index (χ1n) is 8.16. The first-order chi connectivity index (χ1) is 13.1. The molecule has 154 valence electrons. The molecule has 1 aliphatic heterocycles. The molecule has 2 rings (SSSR count). The number of halogens is 6. The summed E-state index contributed by atoms with van der Waals surface area (Å²) in [4.78, 5) is 16.4.